The van der Waals surface area contributed by atoms with Crippen molar-refractivity contribution >= 4 is 11.9 Å². The van der Waals surface area contributed by atoms with Gasteiger partial charge in [0.2, 0.25) is 0 Å². The molecular formula is C23H32N4O2. The molecule has 29 heavy (non-hydrogen) atoms. The van der Waals surface area contributed by atoms with Crippen molar-refractivity contribution in [3.8, 4) is 5.75 Å². The van der Waals surface area contributed by atoms with Gasteiger partial charge in [0.1, 0.15) is 11.9 Å². The fourth-order valence-electron chi connectivity index (χ4n) is 2.85. The Labute approximate surface area is 174 Å². The lowest BCUT2D eigenvalue weighted by Gasteiger charge is -2.19. The minimum Gasteiger partial charge on any atom is -0.489 e. The van der Waals surface area contributed by atoms with Gasteiger partial charge in [-0.2, -0.15) is 0 Å². The molecular weight excluding hydrogens is 364 g/mol. The van der Waals surface area contributed by atoms with Gasteiger partial charge in [-0.25, -0.2) is 0 Å². The van der Waals surface area contributed by atoms with E-state index in [1.807, 2.05) is 62.4 Å². The van der Waals surface area contributed by atoms with Gasteiger partial charge in [0.05, 0.1) is 6.54 Å². The normalized spacial score (nSPS) is 12.2. The molecule has 6 nitrogen and oxygen atoms in total. The highest BCUT2D eigenvalue weighted by Gasteiger charge is 2.09. The van der Waals surface area contributed by atoms with Crippen molar-refractivity contribution in [1.29, 1.82) is 0 Å². The third kappa shape index (κ3) is 7.14. The zero-order valence-electron chi connectivity index (χ0n) is 18.0. The maximum absolute atomic E-state index is 12.1. The summed E-state index contributed by atoms with van der Waals surface area (Å²) < 4.78 is 5.99. The Morgan fingerprint density at radius 1 is 1.14 bits per heavy atom. The summed E-state index contributed by atoms with van der Waals surface area (Å²) in [6, 6.07) is 15.7. The van der Waals surface area contributed by atoms with Gasteiger partial charge in [-0.3, -0.25) is 9.79 Å². The first kappa shape index (κ1) is 22.3. The van der Waals surface area contributed by atoms with Gasteiger partial charge in [0.15, 0.2) is 5.96 Å². The molecule has 0 aromatic heterocycles. The number of aryl methyl sites for hydroxylation is 1. The third-order valence-electron chi connectivity index (χ3n) is 4.49. The van der Waals surface area contributed by atoms with Crippen LogP contribution in [-0.2, 0) is 6.42 Å². The second-order valence-electron chi connectivity index (χ2n) is 7.22. The number of ether oxygens (including phenoxy) is 1. The number of para-hydroxylation sites is 1. The maximum atomic E-state index is 12.1. The van der Waals surface area contributed by atoms with Crippen molar-refractivity contribution in [3.63, 3.8) is 0 Å². The number of hydrogen-bond acceptors (Lipinski definition) is 3. The van der Waals surface area contributed by atoms with Crippen molar-refractivity contribution in [1.82, 2.24) is 15.5 Å². The second kappa shape index (κ2) is 11.1. The minimum absolute atomic E-state index is 0.00313. The molecule has 0 aliphatic rings. The average Bonchev–Trinajstić information content (AvgIpc) is 2.71. The molecule has 6 heteroatoms. The largest absolute Gasteiger partial charge is 0.489 e. The summed E-state index contributed by atoms with van der Waals surface area (Å²) in [5, 5.41) is 6.60. The molecule has 0 saturated heterocycles. The van der Waals surface area contributed by atoms with E-state index in [-0.39, 0.29) is 12.0 Å². The lowest BCUT2D eigenvalue weighted by Crippen LogP contribution is -2.42. The number of aliphatic imine (C=N–C) groups is 1. The van der Waals surface area contributed by atoms with Crippen LogP contribution in [0.3, 0.4) is 0 Å². The van der Waals surface area contributed by atoms with Crippen LogP contribution >= 0.6 is 0 Å². The highest BCUT2D eigenvalue weighted by molar-refractivity contribution is 5.94. The van der Waals surface area contributed by atoms with Gasteiger partial charge in [0, 0.05) is 33.3 Å². The Kier molecular flexibility index (Phi) is 8.52. The second-order valence-corrected chi connectivity index (χ2v) is 7.22. The van der Waals surface area contributed by atoms with E-state index in [9.17, 15) is 4.79 Å². The van der Waals surface area contributed by atoms with Gasteiger partial charge < -0.3 is 20.3 Å². The van der Waals surface area contributed by atoms with E-state index >= 15 is 0 Å². The van der Waals surface area contributed by atoms with Crippen LogP contribution in [0.4, 0.5) is 0 Å². The van der Waals surface area contributed by atoms with E-state index in [4.69, 9.17) is 4.74 Å². The summed E-state index contributed by atoms with van der Waals surface area (Å²) in [5.41, 5.74) is 2.94. The Morgan fingerprint density at radius 3 is 2.59 bits per heavy atom. The average molecular weight is 397 g/mol. The molecule has 0 saturated carbocycles. The van der Waals surface area contributed by atoms with E-state index < -0.39 is 0 Å². The Balaban J connectivity index is 1.78. The topological polar surface area (TPSA) is 66.0 Å². The molecule has 0 radical (unpaired) electrons. The maximum Gasteiger partial charge on any atom is 0.253 e. The van der Waals surface area contributed by atoms with Gasteiger partial charge in [-0.1, -0.05) is 30.3 Å². The zero-order chi connectivity index (χ0) is 21.2. The first-order chi connectivity index (χ1) is 13.9. The number of nitrogens with zero attached hydrogens (tertiary/aromatic N) is 2. The molecule has 0 bridgehead atoms. The summed E-state index contributed by atoms with van der Waals surface area (Å²) in [4.78, 5) is 17.9. The summed E-state index contributed by atoms with van der Waals surface area (Å²) in [6.45, 7) is 5.42. The van der Waals surface area contributed by atoms with Crippen LogP contribution in [0.15, 0.2) is 53.5 Å². The molecule has 0 aliphatic carbocycles. The van der Waals surface area contributed by atoms with E-state index in [0.717, 1.165) is 29.3 Å². The Bertz CT molecular complexity index is 833. The molecule has 1 atom stereocenters. The molecule has 2 aromatic rings. The highest BCUT2D eigenvalue weighted by Crippen LogP contribution is 2.17. The third-order valence-corrected chi connectivity index (χ3v) is 4.49. The summed E-state index contributed by atoms with van der Waals surface area (Å²) in [5.74, 6) is 1.64. The smallest absolute Gasteiger partial charge is 0.253 e. The summed E-state index contributed by atoms with van der Waals surface area (Å²) in [7, 11) is 5.27. The van der Waals surface area contributed by atoms with Crippen molar-refractivity contribution in [2.45, 2.75) is 26.4 Å². The van der Waals surface area contributed by atoms with Crippen LogP contribution in [-0.4, -0.2) is 57.1 Å². The molecule has 0 fully saturated rings. The number of carbonyl (C=O) groups is 1. The van der Waals surface area contributed by atoms with E-state index in [0.29, 0.717) is 18.7 Å². The highest BCUT2D eigenvalue weighted by atomic mass is 16.5. The monoisotopic (exact) mass is 396 g/mol. The number of nitrogens with one attached hydrogen (secondary N) is 2. The SMILES string of the molecule is CN=C(NCCc1cccc(C(=O)N(C)C)c1)NCC(C)Oc1ccccc1C. The van der Waals surface area contributed by atoms with Crippen molar-refractivity contribution < 1.29 is 9.53 Å². The summed E-state index contributed by atoms with van der Waals surface area (Å²) in [6.07, 6.45) is 0.799. The van der Waals surface area contributed by atoms with Crippen LogP contribution in [0.1, 0.15) is 28.4 Å². The van der Waals surface area contributed by atoms with Crippen LogP contribution in [0.25, 0.3) is 0 Å². The number of rotatable bonds is 8. The number of benzene rings is 2. The van der Waals surface area contributed by atoms with E-state index in [2.05, 4.69) is 15.6 Å². The molecule has 0 aliphatic heterocycles. The molecule has 1 unspecified atom stereocenters. The first-order valence-electron chi connectivity index (χ1n) is 9.88. The van der Waals surface area contributed by atoms with Crippen LogP contribution in [0.5, 0.6) is 5.75 Å². The quantitative estimate of drug-likeness (QED) is 0.532. The van der Waals surface area contributed by atoms with Crippen LogP contribution in [0.2, 0.25) is 0 Å². The molecule has 1 amide bonds. The van der Waals surface area contributed by atoms with Gasteiger partial charge in [0.25, 0.3) is 5.91 Å². The Morgan fingerprint density at radius 2 is 1.90 bits per heavy atom. The number of carbonyl (C=O) groups excluding carboxylic acids is 1. The minimum atomic E-state index is 0.00313. The standard InChI is InChI=1S/C23H32N4O2/c1-17-9-6-7-12-21(17)29-18(2)16-26-23(24-3)25-14-13-19-10-8-11-20(15-19)22(28)27(4)5/h6-12,15,18H,13-14,16H2,1-5H3,(H2,24,25,26). The fraction of sp³-hybridized carbons (Fsp3) is 0.391. The number of amides is 1. The van der Waals surface area contributed by atoms with Gasteiger partial charge >= 0.3 is 0 Å². The van der Waals surface area contributed by atoms with Gasteiger partial charge in [-0.15, -0.1) is 0 Å². The van der Waals surface area contributed by atoms with E-state index in [1.165, 1.54) is 0 Å². The number of guanidine groups is 1. The summed E-state index contributed by atoms with van der Waals surface area (Å²) >= 11 is 0. The molecule has 2 N–H and O–H groups in total. The first-order valence-corrected chi connectivity index (χ1v) is 9.88. The van der Waals surface area contributed by atoms with Crippen molar-refractivity contribution in [2.24, 2.45) is 4.99 Å². The molecule has 156 valence electrons. The molecule has 2 aromatic carbocycles. The van der Waals surface area contributed by atoms with Crippen LogP contribution in [0, 0.1) is 6.92 Å². The molecule has 2 rings (SSSR count). The molecule has 0 heterocycles. The fourth-order valence-corrected chi connectivity index (χ4v) is 2.85. The van der Waals surface area contributed by atoms with Crippen LogP contribution < -0.4 is 15.4 Å². The van der Waals surface area contributed by atoms with Crippen molar-refractivity contribution in [2.75, 3.05) is 34.2 Å². The van der Waals surface area contributed by atoms with Crippen molar-refractivity contribution in [3.05, 3.63) is 65.2 Å². The van der Waals surface area contributed by atoms with E-state index in [1.54, 1.807) is 26.0 Å². The lowest BCUT2D eigenvalue weighted by molar-refractivity contribution is 0.0827. The lowest BCUT2D eigenvalue weighted by atomic mass is 10.1. The van der Waals surface area contributed by atoms with Gasteiger partial charge in [-0.05, 0) is 49.6 Å². The zero-order valence-corrected chi connectivity index (χ0v) is 18.0. The Hall–Kier alpha value is -3.02. The number of hydrogen-bond donors (Lipinski definition) is 2. The molecule has 0 spiro atoms. The predicted octanol–water partition coefficient (Wildman–Crippen LogP) is 2.87. The predicted molar refractivity (Wildman–Crippen MR) is 119 cm³/mol.